The molecule has 3 saturated carbocycles. The van der Waals surface area contributed by atoms with Gasteiger partial charge in [-0.2, -0.15) is 0 Å². The summed E-state index contributed by atoms with van der Waals surface area (Å²) >= 11 is 5.62. The Hall–Kier alpha value is -2.40. The first-order chi connectivity index (χ1) is 15.6. The van der Waals surface area contributed by atoms with Gasteiger partial charge in [0, 0.05) is 18.0 Å². The number of rotatable bonds is 7. The predicted molar refractivity (Wildman–Crippen MR) is 105 cm³/mol. The summed E-state index contributed by atoms with van der Waals surface area (Å²) in [4.78, 5) is 12.3. The van der Waals surface area contributed by atoms with Crippen molar-refractivity contribution in [3.8, 4) is 5.75 Å². The van der Waals surface area contributed by atoms with Gasteiger partial charge in [-0.15, -0.1) is 23.4 Å². The highest BCUT2D eigenvalue weighted by Crippen LogP contribution is 2.61. The Kier molecular flexibility index (Phi) is 5.51. The summed E-state index contributed by atoms with van der Waals surface area (Å²) in [5, 5.41) is 11.1. The van der Waals surface area contributed by atoms with Crippen LogP contribution in [-0.2, 0) is 14.9 Å². The number of carbonyl (C=O) groups is 1. The van der Waals surface area contributed by atoms with Crippen molar-refractivity contribution in [2.45, 2.75) is 61.9 Å². The van der Waals surface area contributed by atoms with Crippen molar-refractivity contribution < 1.29 is 36.2 Å². The molecule has 12 heteroatoms. The van der Waals surface area contributed by atoms with E-state index in [0.717, 1.165) is 18.9 Å². The second kappa shape index (κ2) is 8.12. The van der Waals surface area contributed by atoms with Crippen LogP contribution in [0.2, 0.25) is 5.02 Å². The second-order valence-electron chi connectivity index (χ2n) is 8.84. The molecule has 1 amide bonds. The molecule has 0 saturated heterocycles. The molecule has 3 aliphatic rings. The number of hydrogen-bond acceptors (Lipinski definition) is 6. The Balaban J connectivity index is 1.11. The summed E-state index contributed by atoms with van der Waals surface area (Å²) in [6, 6.07) is 3.87. The minimum Gasteiger partial charge on any atom is -0.484 e. The third kappa shape index (κ3) is 4.28. The third-order valence-corrected chi connectivity index (χ3v) is 7.21. The molecule has 33 heavy (non-hydrogen) atoms. The molecular formula is C21H20ClF4N3O4. The van der Waals surface area contributed by atoms with Crippen LogP contribution in [0.1, 0.15) is 49.8 Å². The number of aromatic nitrogens is 2. The van der Waals surface area contributed by atoms with Crippen LogP contribution >= 0.6 is 11.6 Å². The van der Waals surface area contributed by atoms with E-state index in [1.165, 1.54) is 12.1 Å². The molecule has 1 heterocycles. The molecule has 1 aromatic heterocycles. The summed E-state index contributed by atoms with van der Waals surface area (Å²) in [5.41, 5.74) is -0.297. The number of hydrogen-bond donors (Lipinski definition) is 1. The molecule has 3 atom stereocenters. The number of halogens is 5. The SMILES string of the molecule is O=C(COc1ccc(Cl)c(F)c1)NC1CC2(c3nnc(C4CC(OC(F)(F)F)C4)o3)CCC12. The fourth-order valence-electron chi connectivity index (χ4n) is 5.00. The smallest absolute Gasteiger partial charge is 0.484 e. The minimum atomic E-state index is -4.64. The van der Waals surface area contributed by atoms with E-state index >= 15 is 0 Å². The maximum atomic E-state index is 13.5. The maximum Gasteiger partial charge on any atom is 0.522 e. The fraction of sp³-hybridized carbons (Fsp3) is 0.571. The van der Waals surface area contributed by atoms with E-state index in [0.29, 0.717) is 18.2 Å². The first-order valence-electron chi connectivity index (χ1n) is 10.6. The van der Waals surface area contributed by atoms with Gasteiger partial charge in [0.15, 0.2) is 6.61 Å². The van der Waals surface area contributed by atoms with Gasteiger partial charge in [-0.05, 0) is 50.2 Å². The van der Waals surface area contributed by atoms with Crippen molar-refractivity contribution in [3.63, 3.8) is 0 Å². The molecule has 1 aromatic carbocycles. The van der Waals surface area contributed by atoms with E-state index < -0.39 is 18.3 Å². The van der Waals surface area contributed by atoms with Crippen LogP contribution in [0.3, 0.4) is 0 Å². The van der Waals surface area contributed by atoms with Gasteiger partial charge < -0.3 is 14.5 Å². The Morgan fingerprint density at radius 2 is 2.09 bits per heavy atom. The zero-order valence-electron chi connectivity index (χ0n) is 17.2. The van der Waals surface area contributed by atoms with Crippen LogP contribution in [0.15, 0.2) is 22.6 Å². The molecule has 0 bridgehead atoms. The van der Waals surface area contributed by atoms with Crippen LogP contribution < -0.4 is 10.1 Å². The number of fused-ring (bicyclic) bond motifs is 1. The van der Waals surface area contributed by atoms with Crippen LogP contribution in [-0.4, -0.2) is 41.2 Å². The molecule has 2 aromatic rings. The lowest BCUT2D eigenvalue weighted by Gasteiger charge is -2.61. The fourth-order valence-corrected chi connectivity index (χ4v) is 5.11. The summed E-state index contributed by atoms with van der Waals surface area (Å²) in [7, 11) is 0. The lowest BCUT2D eigenvalue weighted by atomic mass is 9.45. The normalized spacial score (nSPS) is 30.5. The Labute approximate surface area is 190 Å². The van der Waals surface area contributed by atoms with Crippen molar-refractivity contribution in [1.29, 1.82) is 0 Å². The van der Waals surface area contributed by atoms with Gasteiger partial charge in [0.05, 0.1) is 16.5 Å². The van der Waals surface area contributed by atoms with Crippen LogP contribution in [0, 0.1) is 11.7 Å². The molecule has 5 rings (SSSR count). The van der Waals surface area contributed by atoms with E-state index in [9.17, 15) is 22.4 Å². The standard InChI is InChI=1S/C21H20ClF4N3O4/c22-14-2-1-11(7-15(14)23)31-9-17(30)27-16-8-20(4-3-13(16)20)19-29-28-18(32-19)10-5-12(6-10)33-21(24,25)26/h1-2,7,10,12-13,16H,3-6,8-9H2,(H,27,30). The summed E-state index contributed by atoms with van der Waals surface area (Å²) in [6.07, 6.45) is -2.79. The maximum absolute atomic E-state index is 13.5. The van der Waals surface area contributed by atoms with Crippen molar-refractivity contribution in [3.05, 3.63) is 40.8 Å². The van der Waals surface area contributed by atoms with Crippen molar-refractivity contribution in [2.75, 3.05) is 6.61 Å². The summed E-state index contributed by atoms with van der Waals surface area (Å²) in [5.74, 6) is -0.0277. The number of carbonyl (C=O) groups excluding carboxylic acids is 1. The average Bonchev–Trinajstić information content (AvgIpc) is 3.17. The van der Waals surface area contributed by atoms with Gasteiger partial charge in [0.1, 0.15) is 11.6 Å². The molecule has 178 valence electrons. The van der Waals surface area contributed by atoms with Crippen molar-refractivity contribution in [1.82, 2.24) is 15.5 Å². The molecule has 7 nitrogen and oxygen atoms in total. The van der Waals surface area contributed by atoms with Crippen LogP contribution in [0.5, 0.6) is 5.75 Å². The second-order valence-corrected chi connectivity index (χ2v) is 9.25. The topological polar surface area (TPSA) is 86.5 Å². The number of nitrogens with zero attached hydrogens (tertiary/aromatic N) is 2. The lowest BCUT2D eigenvalue weighted by Crippen LogP contribution is -2.67. The average molecular weight is 490 g/mol. The largest absolute Gasteiger partial charge is 0.522 e. The van der Waals surface area contributed by atoms with Crippen LogP contribution in [0.25, 0.3) is 0 Å². The molecule has 1 N–H and O–H groups in total. The zero-order valence-corrected chi connectivity index (χ0v) is 18.0. The predicted octanol–water partition coefficient (Wildman–Crippen LogP) is 4.26. The van der Waals surface area contributed by atoms with E-state index in [2.05, 4.69) is 20.3 Å². The Morgan fingerprint density at radius 1 is 1.30 bits per heavy atom. The van der Waals surface area contributed by atoms with E-state index in [1.54, 1.807) is 0 Å². The van der Waals surface area contributed by atoms with Gasteiger partial charge in [-0.3, -0.25) is 9.53 Å². The number of amides is 1. The Bertz CT molecular complexity index is 1060. The van der Waals surface area contributed by atoms with E-state index in [-0.39, 0.29) is 59.4 Å². The van der Waals surface area contributed by atoms with Gasteiger partial charge >= 0.3 is 6.36 Å². The lowest BCUT2D eigenvalue weighted by molar-refractivity contribution is -0.352. The van der Waals surface area contributed by atoms with Crippen LogP contribution in [0.4, 0.5) is 17.6 Å². The minimum absolute atomic E-state index is 0.0291. The van der Waals surface area contributed by atoms with Gasteiger partial charge in [0.2, 0.25) is 11.8 Å². The molecule has 0 aliphatic heterocycles. The first-order valence-corrected chi connectivity index (χ1v) is 11.0. The highest BCUT2D eigenvalue weighted by molar-refractivity contribution is 6.30. The number of nitrogens with one attached hydrogen (secondary N) is 1. The molecule has 0 radical (unpaired) electrons. The molecule has 3 aliphatic carbocycles. The van der Waals surface area contributed by atoms with E-state index in [4.69, 9.17) is 20.8 Å². The molecular weight excluding hydrogens is 470 g/mol. The van der Waals surface area contributed by atoms with Gasteiger partial charge in [0.25, 0.3) is 5.91 Å². The number of ether oxygens (including phenoxy) is 2. The first kappa shape index (κ1) is 22.4. The molecule has 0 spiro atoms. The van der Waals surface area contributed by atoms with E-state index in [1.807, 2.05) is 0 Å². The highest BCUT2D eigenvalue weighted by atomic mass is 35.5. The molecule has 3 unspecified atom stereocenters. The van der Waals surface area contributed by atoms with Crippen molar-refractivity contribution in [2.24, 2.45) is 5.92 Å². The van der Waals surface area contributed by atoms with Gasteiger partial charge in [-0.25, -0.2) is 4.39 Å². The Morgan fingerprint density at radius 3 is 2.73 bits per heavy atom. The van der Waals surface area contributed by atoms with Crippen molar-refractivity contribution >= 4 is 17.5 Å². The monoisotopic (exact) mass is 489 g/mol. The summed E-state index contributed by atoms with van der Waals surface area (Å²) < 4.78 is 65.5. The quantitative estimate of drug-likeness (QED) is 0.585. The van der Waals surface area contributed by atoms with Gasteiger partial charge in [-0.1, -0.05) is 11.6 Å². The highest BCUT2D eigenvalue weighted by Gasteiger charge is 2.64. The third-order valence-electron chi connectivity index (χ3n) is 6.90. The number of alkyl halides is 3. The summed E-state index contributed by atoms with van der Waals surface area (Å²) in [6.45, 7) is -0.259. The zero-order chi connectivity index (χ0) is 23.4. The molecule has 3 fully saturated rings. The number of benzene rings is 1.